The summed E-state index contributed by atoms with van der Waals surface area (Å²) in [5.41, 5.74) is 12.4. The van der Waals surface area contributed by atoms with Crippen LogP contribution in [0, 0.1) is 41.5 Å². The molecule has 2 aromatic rings. The zero-order valence-electron chi connectivity index (χ0n) is 20.9. The smallest absolute Gasteiger partial charge is 0.210 e. The van der Waals surface area contributed by atoms with E-state index in [9.17, 15) is 0 Å². The third-order valence-electron chi connectivity index (χ3n) is 6.62. The van der Waals surface area contributed by atoms with Crippen LogP contribution in [0.5, 0.6) is 0 Å². The monoisotopic (exact) mass is 419 g/mol. The summed E-state index contributed by atoms with van der Waals surface area (Å²) >= 11 is 0. The van der Waals surface area contributed by atoms with Gasteiger partial charge in [0.05, 0.1) is 11.8 Å². The molecule has 1 saturated heterocycles. The van der Waals surface area contributed by atoms with E-state index in [0.717, 1.165) is 30.7 Å². The molecular weight excluding hydrogens is 380 g/mol. The first-order valence-electron chi connectivity index (χ1n) is 11.5. The summed E-state index contributed by atoms with van der Waals surface area (Å²) in [6, 6.07) is 8.95. The van der Waals surface area contributed by atoms with Crippen molar-refractivity contribution in [1.29, 1.82) is 0 Å². The summed E-state index contributed by atoms with van der Waals surface area (Å²) in [6.45, 7) is 17.3. The molecule has 2 atom stereocenters. The van der Waals surface area contributed by atoms with Gasteiger partial charge in [-0.1, -0.05) is 23.3 Å². The van der Waals surface area contributed by atoms with Crippen LogP contribution in [0.25, 0.3) is 0 Å². The largest absolute Gasteiger partial charge is 0.358 e. The average Bonchev–Trinajstić information content (AvgIpc) is 2.69. The van der Waals surface area contributed by atoms with E-state index in [-0.39, 0.29) is 12.2 Å². The minimum atomic E-state index is 0.0717. The van der Waals surface area contributed by atoms with Gasteiger partial charge in [-0.05, 0) is 91.0 Å². The first kappa shape index (κ1) is 23.4. The SMILES string of the molecule is CC(=Nc1c(C)cc(C)cc1C)C1CCCC(C(C)=[N+](C)c2c(C)cc(C)cc2C)O1. The van der Waals surface area contributed by atoms with E-state index in [0.29, 0.717) is 0 Å². The normalized spacial score (nSPS) is 20.6. The molecule has 0 radical (unpaired) electrons. The highest BCUT2D eigenvalue weighted by atomic mass is 16.5. The van der Waals surface area contributed by atoms with Crippen LogP contribution in [0.3, 0.4) is 0 Å². The van der Waals surface area contributed by atoms with Gasteiger partial charge in [-0.3, -0.25) is 4.99 Å². The van der Waals surface area contributed by atoms with E-state index in [2.05, 4.69) is 91.3 Å². The second-order valence-corrected chi connectivity index (χ2v) is 9.49. The zero-order valence-corrected chi connectivity index (χ0v) is 20.9. The molecule has 0 saturated carbocycles. The van der Waals surface area contributed by atoms with Crippen molar-refractivity contribution in [3.05, 3.63) is 57.6 Å². The Labute approximate surface area is 188 Å². The maximum Gasteiger partial charge on any atom is 0.210 e. The standard InChI is InChI=1S/C28H39N2O/c1-17-13-19(3)27(20(4)14-17)29-23(7)25-11-10-12-26(31-25)24(8)30(9)28-21(5)15-18(2)16-22(28)6/h13-16,25-26H,10-12H2,1-9H3/q+1. The van der Waals surface area contributed by atoms with Crippen molar-refractivity contribution in [1.82, 2.24) is 0 Å². The van der Waals surface area contributed by atoms with Gasteiger partial charge in [0, 0.05) is 23.8 Å². The lowest BCUT2D eigenvalue weighted by Gasteiger charge is -2.29. The molecule has 1 fully saturated rings. The first-order valence-corrected chi connectivity index (χ1v) is 11.5. The fraction of sp³-hybridized carbons (Fsp3) is 0.500. The molecule has 0 amide bonds. The topological polar surface area (TPSA) is 24.6 Å². The number of hydrogen-bond acceptors (Lipinski definition) is 2. The summed E-state index contributed by atoms with van der Waals surface area (Å²) < 4.78 is 8.95. The van der Waals surface area contributed by atoms with Gasteiger partial charge in [-0.15, -0.1) is 0 Å². The highest BCUT2D eigenvalue weighted by molar-refractivity contribution is 5.90. The van der Waals surface area contributed by atoms with E-state index in [1.54, 1.807) is 0 Å². The van der Waals surface area contributed by atoms with Gasteiger partial charge in [-0.25, -0.2) is 0 Å². The molecule has 2 unspecified atom stereocenters. The van der Waals surface area contributed by atoms with E-state index in [4.69, 9.17) is 9.73 Å². The number of nitrogens with zero attached hydrogens (tertiary/aromatic N) is 2. The molecule has 1 heterocycles. The molecular formula is C28H39N2O+. The Morgan fingerprint density at radius 3 is 1.84 bits per heavy atom. The van der Waals surface area contributed by atoms with Gasteiger partial charge < -0.3 is 4.74 Å². The van der Waals surface area contributed by atoms with Crippen LogP contribution in [0.4, 0.5) is 11.4 Å². The maximum absolute atomic E-state index is 6.62. The molecule has 2 aromatic carbocycles. The van der Waals surface area contributed by atoms with E-state index in [1.807, 2.05) is 0 Å². The predicted octanol–water partition coefficient (Wildman–Crippen LogP) is 7.00. The molecule has 0 aliphatic carbocycles. The maximum atomic E-state index is 6.62. The molecule has 0 aromatic heterocycles. The Morgan fingerprint density at radius 1 is 0.806 bits per heavy atom. The third-order valence-corrected chi connectivity index (χ3v) is 6.62. The van der Waals surface area contributed by atoms with Gasteiger partial charge in [0.25, 0.3) is 0 Å². The Bertz CT molecular complexity index is 999. The van der Waals surface area contributed by atoms with Crippen LogP contribution in [-0.4, -0.2) is 35.3 Å². The van der Waals surface area contributed by atoms with Crippen molar-refractivity contribution in [3.8, 4) is 0 Å². The molecule has 0 bridgehead atoms. The Morgan fingerprint density at radius 2 is 1.29 bits per heavy atom. The Balaban J connectivity index is 1.87. The number of ether oxygens (including phenoxy) is 1. The van der Waals surface area contributed by atoms with Crippen LogP contribution in [-0.2, 0) is 4.74 Å². The van der Waals surface area contributed by atoms with Gasteiger partial charge in [0.2, 0.25) is 5.69 Å². The van der Waals surface area contributed by atoms with Crippen LogP contribution >= 0.6 is 0 Å². The number of rotatable bonds is 4. The molecule has 1 aliphatic rings. The van der Waals surface area contributed by atoms with Gasteiger partial charge in [0.1, 0.15) is 13.2 Å². The summed E-state index contributed by atoms with van der Waals surface area (Å²) in [5, 5.41) is 0. The number of aliphatic imine (C=N–C) groups is 1. The number of hydrogen-bond donors (Lipinski definition) is 0. The van der Waals surface area contributed by atoms with Crippen molar-refractivity contribution in [2.45, 2.75) is 86.9 Å². The van der Waals surface area contributed by atoms with E-state index in [1.165, 1.54) is 44.8 Å². The Kier molecular flexibility index (Phi) is 7.16. The molecule has 31 heavy (non-hydrogen) atoms. The van der Waals surface area contributed by atoms with Gasteiger partial charge in [-0.2, -0.15) is 4.58 Å². The zero-order chi connectivity index (χ0) is 22.9. The lowest BCUT2D eigenvalue weighted by Crippen LogP contribution is -2.38. The minimum Gasteiger partial charge on any atom is -0.358 e. The highest BCUT2D eigenvalue weighted by Crippen LogP contribution is 2.29. The molecule has 0 spiro atoms. The number of benzene rings is 2. The average molecular weight is 420 g/mol. The summed E-state index contributed by atoms with van der Waals surface area (Å²) in [6.07, 6.45) is 3.45. The molecule has 0 N–H and O–H groups in total. The van der Waals surface area contributed by atoms with Crippen molar-refractivity contribution in [2.75, 3.05) is 7.05 Å². The van der Waals surface area contributed by atoms with E-state index < -0.39 is 0 Å². The minimum absolute atomic E-state index is 0.0717. The molecule has 3 nitrogen and oxygen atoms in total. The molecule has 3 rings (SSSR count). The third kappa shape index (κ3) is 5.15. The fourth-order valence-electron chi connectivity index (χ4n) is 5.13. The lowest BCUT2D eigenvalue weighted by atomic mass is 9.98. The van der Waals surface area contributed by atoms with Crippen molar-refractivity contribution < 1.29 is 9.31 Å². The second-order valence-electron chi connectivity index (χ2n) is 9.49. The summed E-state index contributed by atoms with van der Waals surface area (Å²) in [4.78, 5) is 5.03. The van der Waals surface area contributed by atoms with Crippen LogP contribution in [0.15, 0.2) is 29.3 Å². The van der Waals surface area contributed by atoms with Crippen LogP contribution < -0.4 is 0 Å². The predicted molar refractivity (Wildman–Crippen MR) is 133 cm³/mol. The molecule has 1 aliphatic heterocycles. The van der Waals surface area contributed by atoms with Crippen LogP contribution in [0.2, 0.25) is 0 Å². The van der Waals surface area contributed by atoms with Gasteiger partial charge >= 0.3 is 0 Å². The van der Waals surface area contributed by atoms with Crippen LogP contribution in [0.1, 0.15) is 66.5 Å². The van der Waals surface area contributed by atoms with E-state index >= 15 is 0 Å². The molecule has 3 heteroatoms. The van der Waals surface area contributed by atoms with Gasteiger partial charge in [0.15, 0.2) is 5.71 Å². The second kappa shape index (κ2) is 9.48. The Hall–Kier alpha value is -2.26. The summed E-state index contributed by atoms with van der Waals surface area (Å²) in [7, 11) is 2.17. The highest BCUT2D eigenvalue weighted by Gasteiger charge is 2.31. The summed E-state index contributed by atoms with van der Waals surface area (Å²) in [5.74, 6) is 0. The number of aryl methyl sites for hydroxylation is 6. The van der Waals surface area contributed by atoms with Crippen molar-refractivity contribution in [2.24, 2.45) is 4.99 Å². The quantitative estimate of drug-likeness (QED) is 0.387. The fourth-order valence-corrected chi connectivity index (χ4v) is 5.13. The lowest BCUT2D eigenvalue weighted by molar-refractivity contribution is -0.411. The van der Waals surface area contributed by atoms with Crippen molar-refractivity contribution >= 4 is 22.8 Å². The van der Waals surface area contributed by atoms with Crippen molar-refractivity contribution in [3.63, 3.8) is 0 Å². The first-order chi connectivity index (χ1) is 14.6. The molecule has 166 valence electrons.